The first-order valence-corrected chi connectivity index (χ1v) is 6.49. The zero-order valence-corrected chi connectivity index (χ0v) is 11.2. The predicted octanol–water partition coefficient (Wildman–Crippen LogP) is -0.748. The number of hydrogen-bond donors (Lipinski definition) is 2. The van der Waals surface area contributed by atoms with Crippen molar-refractivity contribution in [2.24, 2.45) is 5.41 Å². The number of rotatable bonds is 4. The summed E-state index contributed by atoms with van der Waals surface area (Å²) in [6, 6.07) is -0.581. The van der Waals surface area contributed by atoms with Crippen molar-refractivity contribution >= 4 is 23.8 Å². The average Bonchev–Trinajstić information content (AvgIpc) is 2.98. The minimum Gasteiger partial charge on any atom is -0.481 e. The van der Waals surface area contributed by atoms with E-state index in [1.54, 1.807) is 6.92 Å². The normalized spacial score (nSPS) is 26.1. The van der Waals surface area contributed by atoms with E-state index in [4.69, 9.17) is 0 Å². The van der Waals surface area contributed by atoms with Crippen LogP contribution in [-0.4, -0.2) is 64.9 Å². The van der Waals surface area contributed by atoms with E-state index in [2.05, 4.69) is 5.32 Å². The molecule has 0 aromatic rings. The fourth-order valence-corrected chi connectivity index (χ4v) is 2.55. The standard InChI is InChI=1S/C12H17N3O5/c1-2-12(10(18)19)3-4-14(7-12)9(17)6-15-8(16)5-13-11(15)20/h2-7H2,1H3,(H,13,20)(H,18,19). The van der Waals surface area contributed by atoms with Gasteiger partial charge in [-0.3, -0.25) is 19.3 Å². The molecule has 2 aliphatic rings. The Bertz CT molecular complexity index is 462. The monoisotopic (exact) mass is 283 g/mol. The summed E-state index contributed by atoms with van der Waals surface area (Å²) in [5, 5.41) is 11.6. The third-order valence-electron chi connectivity index (χ3n) is 4.07. The first-order chi connectivity index (χ1) is 9.39. The molecule has 8 heteroatoms. The molecule has 1 unspecified atom stereocenters. The molecule has 0 aliphatic carbocycles. The SMILES string of the molecule is CCC1(C(=O)O)CCN(C(=O)CN2C(=O)CNC2=O)C1. The second-order valence-electron chi connectivity index (χ2n) is 5.14. The van der Waals surface area contributed by atoms with Gasteiger partial charge in [-0.2, -0.15) is 0 Å². The average molecular weight is 283 g/mol. The summed E-state index contributed by atoms with van der Waals surface area (Å²) in [5.41, 5.74) is -0.910. The molecule has 0 aromatic carbocycles. The highest BCUT2D eigenvalue weighted by Crippen LogP contribution is 2.34. The molecule has 4 amide bonds. The molecule has 0 aromatic heterocycles. The van der Waals surface area contributed by atoms with Crippen LogP contribution in [0, 0.1) is 5.41 Å². The molecule has 20 heavy (non-hydrogen) atoms. The Labute approximate surface area is 115 Å². The van der Waals surface area contributed by atoms with Crippen LogP contribution >= 0.6 is 0 Å². The Kier molecular flexibility index (Phi) is 3.65. The number of carboxylic acids is 1. The third kappa shape index (κ3) is 2.33. The molecule has 2 aliphatic heterocycles. The van der Waals surface area contributed by atoms with E-state index in [0.29, 0.717) is 19.4 Å². The molecule has 8 nitrogen and oxygen atoms in total. The van der Waals surface area contributed by atoms with Crippen LogP contribution in [0.25, 0.3) is 0 Å². The van der Waals surface area contributed by atoms with Crippen molar-refractivity contribution in [1.82, 2.24) is 15.1 Å². The summed E-state index contributed by atoms with van der Waals surface area (Å²) < 4.78 is 0. The van der Waals surface area contributed by atoms with Gasteiger partial charge >= 0.3 is 12.0 Å². The van der Waals surface area contributed by atoms with Crippen LogP contribution in [0.2, 0.25) is 0 Å². The van der Waals surface area contributed by atoms with Crippen LogP contribution in [0.4, 0.5) is 4.79 Å². The minimum atomic E-state index is -0.912. The van der Waals surface area contributed by atoms with Crippen LogP contribution in [0.5, 0.6) is 0 Å². The largest absolute Gasteiger partial charge is 0.481 e. The molecule has 2 saturated heterocycles. The van der Waals surface area contributed by atoms with Crippen LogP contribution in [-0.2, 0) is 14.4 Å². The lowest BCUT2D eigenvalue weighted by Crippen LogP contribution is -2.43. The molecular formula is C12H17N3O5. The number of imide groups is 1. The Morgan fingerprint density at radius 2 is 2.10 bits per heavy atom. The third-order valence-corrected chi connectivity index (χ3v) is 4.07. The maximum absolute atomic E-state index is 12.1. The fourth-order valence-electron chi connectivity index (χ4n) is 2.55. The molecule has 0 saturated carbocycles. The number of nitrogens with one attached hydrogen (secondary N) is 1. The van der Waals surface area contributed by atoms with Crippen molar-refractivity contribution in [2.45, 2.75) is 19.8 Å². The van der Waals surface area contributed by atoms with E-state index in [0.717, 1.165) is 4.90 Å². The van der Waals surface area contributed by atoms with Crippen molar-refractivity contribution < 1.29 is 24.3 Å². The summed E-state index contributed by atoms with van der Waals surface area (Å²) >= 11 is 0. The quantitative estimate of drug-likeness (QED) is 0.660. The summed E-state index contributed by atoms with van der Waals surface area (Å²) in [6.07, 6.45) is 0.833. The predicted molar refractivity (Wildman–Crippen MR) is 66.7 cm³/mol. The van der Waals surface area contributed by atoms with Crippen LogP contribution in [0.3, 0.4) is 0 Å². The van der Waals surface area contributed by atoms with Crippen molar-refractivity contribution in [3.8, 4) is 0 Å². The molecule has 2 rings (SSSR count). The number of urea groups is 1. The molecule has 0 spiro atoms. The summed E-state index contributed by atoms with van der Waals surface area (Å²) in [6.45, 7) is 1.81. The van der Waals surface area contributed by atoms with E-state index in [1.807, 2.05) is 0 Å². The number of aliphatic carboxylic acids is 1. The number of carbonyl (C=O) groups excluding carboxylic acids is 3. The maximum atomic E-state index is 12.1. The van der Waals surface area contributed by atoms with Crippen LogP contribution in [0.1, 0.15) is 19.8 Å². The minimum absolute atomic E-state index is 0.0971. The van der Waals surface area contributed by atoms with E-state index in [1.165, 1.54) is 4.90 Å². The Morgan fingerprint density at radius 3 is 2.55 bits per heavy atom. The van der Waals surface area contributed by atoms with E-state index in [9.17, 15) is 24.3 Å². The van der Waals surface area contributed by atoms with E-state index < -0.39 is 29.2 Å². The van der Waals surface area contributed by atoms with Gasteiger partial charge < -0.3 is 15.3 Å². The van der Waals surface area contributed by atoms with Gasteiger partial charge in [-0.05, 0) is 12.8 Å². The Balaban J connectivity index is 2.00. The number of carbonyl (C=O) groups is 4. The number of nitrogens with zero attached hydrogens (tertiary/aromatic N) is 2. The van der Waals surface area contributed by atoms with Gasteiger partial charge in [0, 0.05) is 13.1 Å². The molecule has 0 bridgehead atoms. The van der Waals surface area contributed by atoms with Gasteiger partial charge in [0.25, 0.3) is 5.91 Å². The van der Waals surface area contributed by atoms with E-state index >= 15 is 0 Å². The van der Waals surface area contributed by atoms with Gasteiger partial charge in [-0.25, -0.2) is 4.79 Å². The van der Waals surface area contributed by atoms with Crippen molar-refractivity contribution in [1.29, 1.82) is 0 Å². The maximum Gasteiger partial charge on any atom is 0.325 e. The summed E-state index contributed by atoms with van der Waals surface area (Å²) in [5.74, 6) is -1.75. The van der Waals surface area contributed by atoms with Crippen LogP contribution in [0.15, 0.2) is 0 Å². The molecule has 2 heterocycles. The van der Waals surface area contributed by atoms with Crippen molar-refractivity contribution in [2.75, 3.05) is 26.2 Å². The zero-order chi connectivity index (χ0) is 14.9. The zero-order valence-electron chi connectivity index (χ0n) is 11.2. The Hall–Kier alpha value is -2.12. The van der Waals surface area contributed by atoms with E-state index in [-0.39, 0.29) is 19.6 Å². The molecule has 1 atom stereocenters. The van der Waals surface area contributed by atoms with Gasteiger partial charge in [-0.15, -0.1) is 0 Å². The summed E-state index contributed by atoms with van der Waals surface area (Å²) in [4.78, 5) is 48.4. The first kappa shape index (κ1) is 14.3. The molecule has 2 N–H and O–H groups in total. The highest BCUT2D eigenvalue weighted by molar-refractivity contribution is 6.04. The lowest BCUT2D eigenvalue weighted by molar-refractivity contribution is -0.149. The molecule has 2 fully saturated rings. The topological polar surface area (TPSA) is 107 Å². The number of likely N-dealkylation sites (tertiary alicyclic amines) is 1. The fraction of sp³-hybridized carbons (Fsp3) is 0.667. The van der Waals surface area contributed by atoms with Gasteiger partial charge in [0.15, 0.2) is 0 Å². The van der Waals surface area contributed by atoms with Gasteiger partial charge in [0.1, 0.15) is 6.54 Å². The highest BCUT2D eigenvalue weighted by Gasteiger charge is 2.45. The van der Waals surface area contributed by atoms with Gasteiger partial charge in [0.05, 0.1) is 12.0 Å². The smallest absolute Gasteiger partial charge is 0.325 e. The summed E-state index contributed by atoms with van der Waals surface area (Å²) in [7, 11) is 0. The highest BCUT2D eigenvalue weighted by atomic mass is 16.4. The van der Waals surface area contributed by atoms with Crippen molar-refractivity contribution in [3.05, 3.63) is 0 Å². The lowest BCUT2D eigenvalue weighted by atomic mass is 9.84. The number of carboxylic acid groups (broad SMARTS) is 1. The molecular weight excluding hydrogens is 266 g/mol. The first-order valence-electron chi connectivity index (χ1n) is 6.49. The second kappa shape index (κ2) is 5.10. The number of amides is 4. The van der Waals surface area contributed by atoms with Gasteiger partial charge in [-0.1, -0.05) is 6.92 Å². The van der Waals surface area contributed by atoms with Crippen LogP contribution < -0.4 is 5.32 Å². The Morgan fingerprint density at radius 1 is 1.40 bits per heavy atom. The number of hydrogen-bond acceptors (Lipinski definition) is 4. The molecule has 0 radical (unpaired) electrons. The molecule has 110 valence electrons. The van der Waals surface area contributed by atoms with Gasteiger partial charge in [0.2, 0.25) is 5.91 Å². The lowest BCUT2D eigenvalue weighted by Gasteiger charge is -2.24. The second-order valence-corrected chi connectivity index (χ2v) is 5.14. The van der Waals surface area contributed by atoms with Crippen molar-refractivity contribution in [3.63, 3.8) is 0 Å².